The summed E-state index contributed by atoms with van der Waals surface area (Å²) in [6.45, 7) is 4.82. The summed E-state index contributed by atoms with van der Waals surface area (Å²) in [5.41, 5.74) is 2.06. The van der Waals surface area contributed by atoms with E-state index in [2.05, 4.69) is 19.9 Å². The van der Waals surface area contributed by atoms with E-state index in [1.54, 1.807) is 5.57 Å². The van der Waals surface area contributed by atoms with E-state index in [1.165, 1.54) is 32.1 Å². The molecule has 0 spiro atoms. The van der Waals surface area contributed by atoms with Gasteiger partial charge in [-0.05, 0) is 80.0 Å². The van der Waals surface area contributed by atoms with Crippen LogP contribution >= 0.6 is 0 Å². The highest BCUT2D eigenvalue weighted by atomic mass is 16.3. The number of aliphatic hydroxyl groups is 2. The lowest BCUT2D eigenvalue weighted by atomic mass is 9.47. The van der Waals surface area contributed by atoms with Crippen molar-refractivity contribution in [3.63, 3.8) is 0 Å². The maximum absolute atomic E-state index is 10.5. The number of aliphatic hydroxyl groups excluding tert-OH is 2. The fourth-order valence-electron chi connectivity index (χ4n) is 6.68. The third-order valence-electron chi connectivity index (χ3n) is 8.04. The molecule has 21 heavy (non-hydrogen) atoms. The summed E-state index contributed by atoms with van der Waals surface area (Å²) in [5, 5.41) is 20.4. The predicted molar refractivity (Wildman–Crippen MR) is 83.7 cm³/mol. The molecule has 0 aromatic carbocycles. The van der Waals surface area contributed by atoms with E-state index in [1.807, 2.05) is 0 Å². The molecule has 4 unspecified atom stereocenters. The molecule has 0 aromatic rings. The van der Waals surface area contributed by atoms with Crippen LogP contribution in [0, 0.1) is 28.6 Å². The Kier molecular flexibility index (Phi) is 3.11. The quantitative estimate of drug-likeness (QED) is 0.668. The average Bonchev–Trinajstić information content (AvgIpc) is 2.76. The summed E-state index contributed by atoms with van der Waals surface area (Å²) in [6, 6.07) is 0. The molecule has 118 valence electrons. The normalized spacial score (nSPS) is 56.2. The first-order valence-electron chi connectivity index (χ1n) is 9.02. The van der Waals surface area contributed by atoms with Gasteiger partial charge >= 0.3 is 0 Å². The highest BCUT2D eigenvalue weighted by Gasteiger charge is 2.58. The molecule has 3 fully saturated rings. The van der Waals surface area contributed by atoms with Crippen LogP contribution in [-0.2, 0) is 0 Å². The largest absolute Gasteiger partial charge is 0.393 e. The van der Waals surface area contributed by atoms with Gasteiger partial charge in [0, 0.05) is 0 Å². The number of hydrogen-bond donors (Lipinski definition) is 2. The van der Waals surface area contributed by atoms with Crippen molar-refractivity contribution in [3.05, 3.63) is 11.6 Å². The molecular formula is C19H30O2. The Balaban J connectivity index is 1.67. The molecule has 0 bridgehead atoms. The van der Waals surface area contributed by atoms with Crippen LogP contribution in [0.1, 0.15) is 65.2 Å². The molecule has 3 saturated carbocycles. The molecule has 0 radical (unpaired) electrons. The molecule has 0 amide bonds. The van der Waals surface area contributed by atoms with Crippen LogP contribution in [0.15, 0.2) is 11.6 Å². The lowest BCUT2D eigenvalue weighted by Crippen LogP contribution is -2.51. The van der Waals surface area contributed by atoms with Gasteiger partial charge in [0.25, 0.3) is 0 Å². The Morgan fingerprint density at radius 3 is 2.57 bits per heavy atom. The van der Waals surface area contributed by atoms with Crippen molar-refractivity contribution in [3.8, 4) is 0 Å². The third-order valence-corrected chi connectivity index (χ3v) is 8.04. The van der Waals surface area contributed by atoms with Crippen LogP contribution in [0.2, 0.25) is 0 Å². The highest BCUT2D eigenvalue weighted by Crippen LogP contribution is 2.65. The van der Waals surface area contributed by atoms with Gasteiger partial charge < -0.3 is 10.2 Å². The molecule has 4 aliphatic carbocycles. The lowest BCUT2D eigenvalue weighted by molar-refractivity contribution is -0.0761. The number of hydrogen-bond acceptors (Lipinski definition) is 2. The van der Waals surface area contributed by atoms with Crippen molar-refractivity contribution >= 4 is 0 Å². The van der Waals surface area contributed by atoms with E-state index in [4.69, 9.17) is 0 Å². The standard InChI is InChI=1S/C19H30O2/c1-18-9-7-13(20)11-12(18)3-4-14-15-5-6-17(21)19(15,2)10-8-16(14)18/h11,13-17,20-21H,3-10H2,1-2H3/t13?,14?,15-,16?,17?,18-,19-/m0/s1. The second kappa shape index (κ2) is 4.58. The molecule has 4 rings (SSSR count). The van der Waals surface area contributed by atoms with E-state index in [-0.39, 0.29) is 17.6 Å². The van der Waals surface area contributed by atoms with E-state index < -0.39 is 0 Å². The second-order valence-corrected chi connectivity index (χ2v) is 8.77. The van der Waals surface area contributed by atoms with Crippen molar-refractivity contribution in [2.24, 2.45) is 28.6 Å². The van der Waals surface area contributed by atoms with Crippen molar-refractivity contribution < 1.29 is 10.2 Å². The minimum absolute atomic E-state index is 0.0682. The van der Waals surface area contributed by atoms with Crippen LogP contribution < -0.4 is 0 Å². The van der Waals surface area contributed by atoms with Crippen molar-refractivity contribution in [1.82, 2.24) is 0 Å². The van der Waals surface area contributed by atoms with Gasteiger partial charge in [-0.2, -0.15) is 0 Å². The van der Waals surface area contributed by atoms with Gasteiger partial charge in [-0.15, -0.1) is 0 Å². The zero-order valence-corrected chi connectivity index (χ0v) is 13.5. The minimum atomic E-state index is -0.202. The maximum atomic E-state index is 10.5. The topological polar surface area (TPSA) is 40.5 Å². The first-order valence-corrected chi connectivity index (χ1v) is 9.02. The maximum Gasteiger partial charge on any atom is 0.0724 e. The lowest BCUT2D eigenvalue weighted by Gasteiger charge is -2.58. The molecule has 0 aromatic heterocycles. The Hall–Kier alpha value is -0.340. The van der Waals surface area contributed by atoms with E-state index in [9.17, 15) is 10.2 Å². The molecule has 4 aliphatic rings. The molecule has 2 heteroatoms. The van der Waals surface area contributed by atoms with Crippen LogP contribution in [0.5, 0.6) is 0 Å². The van der Waals surface area contributed by atoms with Gasteiger partial charge in [-0.3, -0.25) is 0 Å². The van der Waals surface area contributed by atoms with E-state index in [0.29, 0.717) is 5.41 Å². The number of rotatable bonds is 0. The number of fused-ring (bicyclic) bond motifs is 5. The van der Waals surface area contributed by atoms with Crippen LogP contribution in [0.4, 0.5) is 0 Å². The van der Waals surface area contributed by atoms with Crippen molar-refractivity contribution in [2.45, 2.75) is 77.4 Å². The van der Waals surface area contributed by atoms with Gasteiger partial charge in [0.05, 0.1) is 12.2 Å². The van der Waals surface area contributed by atoms with Gasteiger partial charge in [0.15, 0.2) is 0 Å². The molecule has 0 saturated heterocycles. The SMILES string of the molecule is C[C@]12CCC(O)C=C1CCC1C2CC[C@]2(C)C(O)CC[C@@H]12. The summed E-state index contributed by atoms with van der Waals surface area (Å²) < 4.78 is 0. The summed E-state index contributed by atoms with van der Waals surface area (Å²) in [5.74, 6) is 2.32. The van der Waals surface area contributed by atoms with Gasteiger partial charge in [0.1, 0.15) is 0 Å². The molecule has 0 heterocycles. The Bertz CT molecular complexity index is 470. The zero-order chi connectivity index (χ0) is 14.8. The summed E-state index contributed by atoms with van der Waals surface area (Å²) >= 11 is 0. The average molecular weight is 290 g/mol. The molecule has 0 aliphatic heterocycles. The zero-order valence-electron chi connectivity index (χ0n) is 13.5. The van der Waals surface area contributed by atoms with Crippen molar-refractivity contribution in [1.29, 1.82) is 0 Å². The van der Waals surface area contributed by atoms with Crippen LogP contribution in [-0.4, -0.2) is 22.4 Å². The van der Waals surface area contributed by atoms with E-state index >= 15 is 0 Å². The monoisotopic (exact) mass is 290 g/mol. The molecular weight excluding hydrogens is 260 g/mol. The van der Waals surface area contributed by atoms with Gasteiger partial charge in [0.2, 0.25) is 0 Å². The summed E-state index contributed by atoms with van der Waals surface area (Å²) in [7, 11) is 0. The smallest absolute Gasteiger partial charge is 0.0724 e. The van der Waals surface area contributed by atoms with Crippen molar-refractivity contribution in [2.75, 3.05) is 0 Å². The highest BCUT2D eigenvalue weighted by molar-refractivity contribution is 5.25. The van der Waals surface area contributed by atoms with Crippen LogP contribution in [0.25, 0.3) is 0 Å². The summed E-state index contributed by atoms with van der Waals surface area (Å²) in [6.07, 6.45) is 11.2. The van der Waals surface area contributed by atoms with Gasteiger partial charge in [-0.1, -0.05) is 25.5 Å². The first-order chi connectivity index (χ1) is 9.95. The third kappa shape index (κ3) is 1.84. The number of allylic oxidation sites excluding steroid dienone is 1. The Morgan fingerprint density at radius 2 is 1.76 bits per heavy atom. The first kappa shape index (κ1) is 14.3. The fraction of sp³-hybridized carbons (Fsp3) is 0.895. The molecule has 2 nitrogen and oxygen atoms in total. The predicted octanol–water partition coefficient (Wildman–Crippen LogP) is 3.67. The van der Waals surface area contributed by atoms with Gasteiger partial charge in [-0.25, -0.2) is 0 Å². The van der Waals surface area contributed by atoms with E-state index in [0.717, 1.165) is 37.0 Å². The molecule has 2 N–H and O–H groups in total. The Labute approximate surface area is 128 Å². The second-order valence-electron chi connectivity index (χ2n) is 8.77. The molecule has 7 atom stereocenters. The fourth-order valence-corrected chi connectivity index (χ4v) is 6.68. The van der Waals surface area contributed by atoms with Crippen LogP contribution in [0.3, 0.4) is 0 Å². The Morgan fingerprint density at radius 1 is 0.952 bits per heavy atom. The minimum Gasteiger partial charge on any atom is -0.393 e. The summed E-state index contributed by atoms with van der Waals surface area (Å²) in [4.78, 5) is 0.